The Hall–Kier alpha value is -1.15. The van der Waals surface area contributed by atoms with Crippen LogP contribution in [0.15, 0.2) is 18.2 Å². The normalized spacial score (nSPS) is 24.8. The van der Waals surface area contributed by atoms with Gasteiger partial charge in [-0.1, -0.05) is 38.3 Å². The second-order valence-corrected chi connectivity index (χ2v) is 6.63. The Balaban J connectivity index is 1.54. The molecule has 0 spiro atoms. The standard InChI is InChI=1S/C19H26O2/c1-2-14-5-3-8-18(11-14)21-13-19(20)17-10-9-15-6-4-7-16(15)12-17/h9-10,12,14,18H,2-8,11,13H2,1H3. The van der Waals surface area contributed by atoms with Crippen LogP contribution in [0.4, 0.5) is 0 Å². The van der Waals surface area contributed by atoms with Crippen molar-refractivity contribution in [2.24, 2.45) is 5.92 Å². The summed E-state index contributed by atoms with van der Waals surface area (Å²) in [5.74, 6) is 0.933. The van der Waals surface area contributed by atoms with Crippen LogP contribution >= 0.6 is 0 Å². The lowest BCUT2D eigenvalue weighted by molar-refractivity contribution is 0.0156. The van der Waals surface area contributed by atoms with Crippen molar-refractivity contribution >= 4 is 5.78 Å². The number of hydrogen-bond donors (Lipinski definition) is 0. The van der Waals surface area contributed by atoms with Gasteiger partial charge in [-0.15, -0.1) is 0 Å². The molecule has 0 radical (unpaired) electrons. The zero-order valence-corrected chi connectivity index (χ0v) is 13.1. The van der Waals surface area contributed by atoms with E-state index < -0.39 is 0 Å². The van der Waals surface area contributed by atoms with Gasteiger partial charge in [-0.05, 0) is 55.2 Å². The summed E-state index contributed by atoms with van der Waals surface area (Å²) in [4.78, 5) is 12.3. The van der Waals surface area contributed by atoms with Crippen molar-refractivity contribution in [3.05, 3.63) is 34.9 Å². The Bertz CT molecular complexity index is 506. The molecular weight excluding hydrogens is 260 g/mol. The van der Waals surface area contributed by atoms with Gasteiger partial charge in [0.25, 0.3) is 0 Å². The third kappa shape index (κ3) is 3.55. The molecule has 3 rings (SSSR count). The maximum Gasteiger partial charge on any atom is 0.188 e. The van der Waals surface area contributed by atoms with Gasteiger partial charge in [0, 0.05) is 5.56 Å². The molecule has 1 aromatic rings. The molecule has 1 saturated carbocycles. The van der Waals surface area contributed by atoms with Crippen LogP contribution in [0, 0.1) is 5.92 Å². The smallest absolute Gasteiger partial charge is 0.188 e. The highest BCUT2D eigenvalue weighted by Gasteiger charge is 2.22. The Morgan fingerprint density at radius 3 is 2.90 bits per heavy atom. The van der Waals surface area contributed by atoms with Crippen LogP contribution in [0.1, 0.15) is 66.9 Å². The summed E-state index contributed by atoms with van der Waals surface area (Å²) in [5, 5.41) is 0. The maximum absolute atomic E-state index is 12.3. The third-order valence-corrected chi connectivity index (χ3v) is 5.18. The van der Waals surface area contributed by atoms with Crippen molar-refractivity contribution < 1.29 is 9.53 Å². The molecule has 2 heteroatoms. The van der Waals surface area contributed by atoms with E-state index in [0.717, 1.165) is 30.7 Å². The monoisotopic (exact) mass is 286 g/mol. The zero-order chi connectivity index (χ0) is 14.7. The summed E-state index contributed by atoms with van der Waals surface area (Å²) in [6, 6.07) is 6.19. The molecule has 2 aliphatic carbocycles. The Labute approximate surface area is 127 Å². The molecule has 0 heterocycles. The number of Topliss-reactive ketones (excluding diaryl/α,β-unsaturated/α-hetero) is 1. The maximum atomic E-state index is 12.3. The summed E-state index contributed by atoms with van der Waals surface area (Å²) >= 11 is 0. The quantitative estimate of drug-likeness (QED) is 0.752. The minimum absolute atomic E-state index is 0.142. The number of rotatable bonds is 5. The first kappa shape index (κ1) is 14.8. The van der Waals surface area contributed by atoms with Crippen LogP contribution in [0.25, 0.3) is 0 Å². The van der Waals surface area contributed by atoms with Gasteiger partial charge in [0.1, 0.15) is 6.61 Å². The number of ether oxygens (including phenoxy) is 1. The molecule has 21 heavy (non-hydrogen) atoms. The Morgan fingerprint density at radius 1 is 1.19 bits per heavy atom. The first-order chi connectivity index (χ1) is 10.3. The summed E-state index contributed by atoms with van der Waals surface area (Å²) in [6.45, 7) is 2.50. The number of benzene rings is 1. The molecule has 2 nitrogen and oxygen atoms in total. The van der Waals surface area contributed by atoms with Crippen LogP contribution in [0.3, 0.4) is 0 Å². The third-order valence-electron chi connectivity index (χ3n) is 5.18. The van der Waals surface area contributed by atoms with Crippen molar-refractivity contribution in [3.63, 3.8) is 0 Å². The number of aryl methyl sites for hydroxylation is 2. The van der Waals surface area contributed by atoms with E-state index in [1.165, 1.54) is 43.2 Å². The molecular formula is C19H26O2. The topological polar surface area (TPSA) is 26.3 Å². The van der Waals surface area contributed by atoms with E-state index >= 15 is 0 Å². The molecule has 0 saturated heterocycles. The fourth-order valence-electron chi connectivity index (χ4n) is 3.79. The molecule has 0 aromatic heterocycles. The molecule has 2 atom stereocenters. The van der Waals surface area contributed by atoms with Crippen molar-refractivity contribution in [3.8, 4) is 0 Å². The molecule has 0 aliphatic heterocycles. The van der Waals surface area contributed by atoms with Gasteiger partial charge in [0.2, 0.25) is 0 Å². The molecule has 114 valence electrons. The average Bonchev–Trinajstić information content (AvgIpc) is 3.00. The number of ketones is 1. The van der Waals surface area contributed by atoms with Gasteiger partial charge in [-0.3, -0.25) is 4.79 Å². The largest absolute Gasteiger partial charge is 0.370 e. The van der Waals surface area contributed by atoms with Gasteiger partial charge in [-0.2, -0.15) is 0 Å². The van der Waals surface area contributed by atoms with Gasteiger partial charge >= 0.3 is 0 Å². The van der Waals surface area contributed by atoms with Gasteiger partial charge in [0.15, 0.2) is 5.78 Å². The SMILES string of the molecule is CCC1CCCC(OCC(=O)c2ccc3c(c2)CCC3)C1. The minimum Gasteiger partial charge on any atom is -0.370 e. The first-order valence-corrected chi connectivity index (χ1v) is 8.53. The van der Waals surface area contributed by atoms with Crippen molar-refractivity contribution in [2.45, 2.75) is 64.4 Å². The van der Waals surface area contributed by atoms with Crippen LogP contribution in [0.2, 0.25) is 0 Å². The van der Waals surface area contributed by atoms with Crippen molar-refractivity contribution in [1.29, 1.82) is 0 Å². The van der Waals surface area contributed by atoms with E-state index in [2.05, 4.69) is 19.1 Å². The number of carbonyl (C=O) groups is 1. The molecule has 1 fully saturated rings. The van der Waals surface area contributed by atoms with E-state index in [9.17, 15) is 4.79 Å². The fourth-order valence-corrected chi connectivity index (χ4v) is 3.79. The van der Waals surface area contributed by atoms with E-state index in [4.69, 9.17) is 4.74 Å². The predicted molar refractivity (Wildman–Crippen MR) is 84.8 cm³/mol. The van der Waals surface area contributed by atoms with Crippen molar-refractivity contribution in [1.82, 2.24) is 0 Å². The highest BCUT2D eigenvalue weighted by atomic mass is 16.5. The second kappa shape index (κ2) is 6.74. The summed E-state index contributed by atoms with van der Waals surface area (Å²) in [5.41, 5.74) is 3.62. The van der Waals surface area contributed by atoms with Crippen LogP contribution in [0.5, 0.6) is 0 Å². The number of fused-ring (bicyclic) bond motifs is 1. The van der Waals surface area contributed by atoms with E-state index in [-0.39, 0.29) is 12.4 Å². The lowest BCUT2D eigenvalue weighted by Crippen LogP contribution is -2.25. The summed E-state index contributed by atoms with van der Waals surface area (Å²) < 4.78 is 5.90. The van der Waals surface area contributed by atoms with Crippen LogP contribution in [-0.4, -0.2) is 18.5 Å². The molecule has 0 N–H and O–H groups in total. The average molecular weight is 286 g/mol. The van der Waals surface area contributed by atoms with Gasteiger partial charge in [0.05, 0.1) is 6.10 Å². The summed E-state index contributed by atoms with van der Waals surface area (Å²) in [6.07, 6.45) is 9.87. The van der Waals surface area contributed by atoms with Crippen molar-refractivity contribution in [2.75, 3.05) is 6.61 Å². The second-order valence-electron chi connectivity index (χ2n) is 6.63. The lowest BCUT2D eigenvalue weighted by atomic mass is 9.85. The summed E-state index contributed by atoms with van der Waals surface area (Å²) in [7, 11) is 0. The molecule has 2 unspecified atom stereocenters. The van der Waals surface area contributed by atoms with E-state index in [1.54, 1.807) is 0 Å². The minimum atomic E-state index is 0.142. The molecule has 2 aliphatic rings. The predicted octanol–water partition coefficient (Wildman–Crippen LogP) is 4.34. The molecule has 0 amide bonds. The highest BCUT2D eigenvalue weighted by Crippen LogP contribution is 2.28. The van der Waals surface area contributed by atoms with Crippen LogP contribution < -0.4 is 0 Å². The van der Waals surface area contributed by atoms with Crippen LogP contribution in [-0.2, 0) is 17.6 Å². The zero-order valence-electron chi connectivity index (χ0n) is 13.1. The van der Waals surface area contributed by atoms with Gasteiger partial charge in [-0.25, -0.2) is 0 Å². The Morgan fingerprint density at radius 2 is 2.05 bits per heavy atom. The highest BCUT2D eigenvalue weighted by molar-refractivity contribution is 5.97. The lowest BCUT2D eigenvalue weighted by Gasteiger charge is -2.28. The molecule has 1 aromatic carbocycles. The number of carbonyl (C=O) groups excluding carboxylic acids is 1. The van der Waals surface area contributed by atoms with E-state index in [0.29, 0.717) is 6.10 Å². The van der Waals surface area contributed by atoms with E-state index in [1.807, 2.05) is 6.07 Å². The fraction of sp³-hybridized carbons (Fsp3) is 0.632. The molecule has 0 bridgehead atoms. The van der Waals surface area contributed by atoms with Gasteiger partial charge < -0.3 is 4.74 Å². The Kier molecular flexibility index (Phi) is 4.74. The number of hydrogen-bond acceptors (Lipinski definition) is 2. The first-order valence-electron chi connectivity index (χ1n) is 8.53.